The molecule has 0 aliphatic carbocycles. The summed E-state index contributed by atoms with van der Waals surface area (Å²) in [4.78, 5) is 22.7. The highest BCUT2D eigenvalue weighted by molar-refractivity contribution is 6.30. The molecular formula is C14H12ClNO4. The van der Waals surface area contributed by atoms with Crippen LogP contribution in [0.15, 0.2) is 35.3 Å². The Labute approximate surface area is 120 Å². The van der Waals surface area contributed by atoms with Gasteiger partial charge in [0.05, 0.1) is 12.8 Å². The Kier molecular flexibility index (Phi) is 3.81. The molecule has 0 bridgehead atoms. The molecule has 1 aromatic heterocycles. The monoisotopic (exact) mass is 293 g/mol. The van der Waals surface area contributed by atoms with Gasteiger partial charge in [0.2, 0.25) is 0 Å². The summed E-state index contributed by atoms with van der Waals surface area (Å²) in [7, 11) is 1.50. The van der Waals surface area contributed by atoms with Crippen molar-refractivity contribution in [2.45, 2.75) is 6.92 Å². The van der Waals surface area contributed by atoms with Gasteiger partial charge in [-0.25, -0.2) is 4.79 Å². The van der Waals surface area contributed by atoms with Crippen molar-refractivity contribution in [2.24, 2.45) is 0 Å². The number of methoxy groups -OCH3 is 1. The molecule has 0 saturated carbocycles. The van der Waals surface area contributed by atoms with Crippen molar-refractivity contribution < 1.29 is 14.6 Å². The van der Waals surface area contributed by atoms with Crippen LogP contribution in [0.5, 0.6) is 5.75 Å². The lowest BCUT2D eigenvalue weighted by Gasteiger charge is -2.15. The number of hydrogen-bond donors (Lipinski definition) is 1. The quantitative estimate of drug-likeness (QED) is 0.944. The molecule has 6 heteroatoms. The molecule has 0 fully saturated rings. The van der Waals surface area contributed by atoms with Gasteiger partial charge in [0, 0.05) is 23.0 Å². The Bertz CT molecular complexity index is 736. The number of rotatable bonds is 3. The van der Waals surface area contributed by atoms with Gasteiger partial charge in [-0.3, -0.25) is 4.79 Å². The Balaban J connectivity index is 2.75. The fourth-order valence-corrected chi connectivity index (χ4v) is 2.07. The van der Waals surface area contributed by atoms with E-state index in [0.29, 0.717) is 22.2 Å². The van der Waals surface area contributed by atoms with Crippen LogP contribution in [0, 0.1) is 6.92 Å². The second-order valence-electron chi connectivity index (χ2n) is 4.18. The molecule has 0 radical (unpaired) electrons. The van der Waals surface area contributed by atoms with Crippen LogP contribution in [-0.2, 0) is 0 Å². The van der Waals surface area contributed by atoms with E-state index in [1.165, 1.54) is 19.4 Å². The largest absolute Gasteiger partial charge is 0.495 e. The summed E-state index contributed by atoms with van der Waals surface area (Å²) < 4.78 is 6.80. The number of carboxylic acid groups (broad SMARTS) is 1. The number of carbonyl (C=O) groups is 1. The minimum atomic E-state index is -1.27. The van der Waals surface area contributed by atoms with Gasteiger partial charge in [0.15, 0.2) is 5.43 Å². The second kappa shape index (κ2) is 5.38. The molecule has 0 aliphatic heterocycles. The van der Waals surface area contributed by atoms with Gasteiger partial charge < -0.3 is 14.4 Å². The zero-order chi connectivity index (χ0) is 14.9. The van der Waals surface area contributed by atoms with Crippen LogP contribution < -0.4 is 10.2 Å². The summed E-state index contributed by atoms with van der Waals surface area (Å²) in [5.41, 5.74) is 0.311. The van der Waals surface area contributed by atoms with Crippen LogP contribution in [0.2, 0.25) is 5.02 Å². The predicted molar refractivity (Wildman–Crippen MR) is 75.3 cm³/mol. The molecule has 1 heterocycles. The van der Waals surface area contributed by atoms with Crippen molar-refractivity contribution in [1.29, 1.82) is 0 Å². The van der Waals surface area contributed by atoms with Crippen molar-refractivity contribution in [3.05, 3.63) is 57.0 Å². The van der Waals surface area contributed by atoms with Crippen LogP contribution >= 0.6 is 11.6 Å². The summed E-state index contributed by atoms with van der Waals surface area (Å²) in [6.07, 6.45) is 1.27. The Morgan fingerprint density at radius 1 is 1.35 bits per heavy atom. The van der Waals surface area contributed by atoms with Gasteiger partial charge in [0.25, 0.3) is 0 Å². The maximum atomic E-state index is 11.6. The number of halogens is 1. The molecule has 2 aromatic rings. The molecule has 1 N–H and O–H groups in total. The summed E-state index contributed by atoms with van der Waals surface area (Å²) in [5.74, 6) is -0.748. The third-order valence-corrected chi connectivity index (χ3v) is 3.11. The van der Waals surface area contributed by atoms with Gasteiger partial charge in [-0.05, 0) is 25.1 Å². The molecular weight excluding hydrogens is 282 g/mol. The van der Waals surface area contributed by atoms with Gasteiger partial charge in [-0.1, -0.05) is 11.6 Å². The highest BCUT2D eigenvalue weighted by Gasteiger charge is 2.14. The first-order chi connectivity index (χ1) is 9.43. The first kappa shape index (κ1) is 14.1. The minimum Gasteiger partial charge on any atom is -0.495 e. The van der Waals surface area contributed by atoms with E-state index in [4.69, 9.17) is 21.4 Å². The Hall–Kier alpha value is -2.27. The predicted octanol–water partition coefficient (Wildman–Crippen LogP) is 2.51. The number of benzene rings is 1. The molecule has 2 rings (SSSR count). The minimum absolute atomic E-state index is 0.308. The molecule has 0 saturated heterocycles. The van der Waals surface area contributed by atoms with E-state index >= 15 is 0 Å². The zero-order valence-corrected chi connectivity index (χ0v) is 11.6. The summed E-state index contributed by atoms with van der Waals surface area (Å²) >= 11 is 5.96. The number of aromatic nitrogens is 1. The van der Waals surface area contributed by atoms with Crippen LogP contribution in [0.1, 0.15) is 16.1 Å². The lowest BCUT2D eigenvalue weighted by molar-refractivity contribution is 0.0694. The third kappa shape index (κ3) is 2.53. The molecule has 0 atom stereocenters. The van der Waals surface area contributed by atoms with E-state index in [-0.39, 0.29) is 5.56 Å². The van der Waals surface area contributed by atoms with Crippen molar-refractivity contribution in [1.82, 2.24) is 4.57 Å². The molecule has 0 amide bonds. The molecule has 1 aromatic carbocycles. The molecule has 0 aliphatic rings. The van der Waals surface area contributed by atoms with Crippen LogP contribution in [0.3, 0.4) is 0 Å². The van der Waals surface area contributed by atoms with E-state index < -0.39 is 11.4 Å². The first-order valence-electron chi connectivity index (χ1n) is 5.74. The summed E-state index contributed by atoms with van der Waals surface area (Å²) in [5, 5.41) is 9.52. The van der Waals surface area contributed by atoms with Crippen LogP contribution in [0.25, 0.3) is 5.69 Å². The number of nitrogens with zero attached hydrogens (tertiary/aromatic N) is 1. The first-order valence-corrected chi connectivity index (χ1v) is 6.12. The Morgan fingerprint density at radius 3 is 2.65 bits per heavy atom. The van der Waals surface area contributed by atoms with E-state index in [2.05, 4.69) is 0 Å². The Morgan fingerprint density at radius 2 is 2.05 bits per heavy atom. The van der Waals surface area contributed by atoms with Crippen molar-refractivity contribution in [3.63, 3.8) is 0 Å². The average molecular weight is 294 g/mol. The maximum Gasteiger partial charge on any atom is 0.341 e. The SMILES string of the molecule is COc1ccc(Cl)cc1-n1cc(C(=O)O)c(=O)cc1C. The van der Waals surface area contributed by atoms with Crippen LogP contribution in [-0.4, -0.2) is 22.8 Å². The smallest absolute Gasteiger partial charge is 0.341 e. The highest BCUT2D eigenvalue weighted by atomic mass is 35.5. The summed E-state index contributed by atoms with van der Waals surface area (Å²) in [6.45, 7) is 1.70. The third-order valence-electron chi connectivity index (χ3n) is 2.87. The number of carboxylic acids is 1. The second-order valence-corrected chi connectivity index (χ2v) is 4.62. The molecule has 20 heavy (non-hydrogen) atoms. The zero-order valence-electron chi connectivity index (χ0n) is 10.9. The van der Waals surface area contributed by atoms with Gasteiger partial charge in [-0.15, -0.1) is 0 Å². The van der Waals surface area contributed by atoms with E-state index in [0.717, 1.165) is 0 Å². The normalized spacial score (nSPS) is 10.3. The van der Waals surface area contributed by atoms with Gasteiger partial charge >= 0.3 is 5.97 Å². The number of hydrogen-bond acceptors (Lipinski definition) is 3. The number of aryl methyl sites for hydroxylation is 1. The van der Waals surface area contributed by atoms with E-state index in [1.54, 1.807) is 29.7 Å². The molecule has 104 valence electrons. The number of ether oxygens (including phenoxy) is 1. The van der Waals surface area contributed by atoms with E-state index in [1.807, 2.05) is 0 Å². The van der Waals surface area contributed by atoms with E-state index in [9.17, 15) is 9.59 Å². The molecule has 0 unspecified atom stereocenters. The number of pyridine rings is 1. The maximum absolute atomic E-state index is 11.6. The van der Waals surface area contributed by atoms with Gasteiger partial charge in [-0.2, -0.15) is 0 Å². The van der Waals surface area contributed by atoms with Crippen molar-refractivity contribution >= 4 is 17.6 Å². The standard InChI is InChI=1S/C14H12ClNO4/c1-8-5-12(17)10(14(18)19)7-16(8)11-6-9(15)3-4-13(11)20-2/h3-7H,1-2H3,(H,18,19). The fraction of sp³-hybridized carbons (Fsp3) is 0.143. The van der Waals surface area contributed by atoms with Crippen molar-refractivity contribution in [3.8, 4) is 11.4 Å². The van der Waals surface area contributed by atoms with Crippen molar-refractivity contribution in [2.75, 3.05) is 7.11 Å². The topological polar surface area (TPSA) is 68.5 Å². The highest BCUT2D eigenvalue weighted by Crippen LogP contribution is 2.27. The summed E-state index contributed by atoms with van der Waals surface area (Å²) in [6, 6.07) is 6.25. The van der Waals surface area contributed by atoms with Gasteiger partial charge in [0.1, 0.15) is 11.3 Å². The number of aromatic carboxylic acids is 1. The fourth-order valence-electron chi connectivity index (χ4n) is 1.90. The molecule has 0 spiro atoms. The lowest BCUT2D eigenvalue weighted by atomic mass is 10.2. The average Bonchev–Trinajstić information content (AvgIpc) is 2.38. The lowest BCUT2D eigenvalue weighted by Crippen LogP contribution is -2.18. The van der Waals surface area contributed by atoms with Crippen LogP contribution in [0.4, 0.5) is 0 Å². The molecule has 5 nitrogen and oxygen atoms in total.